The van der Waals surface area contributed by atoms with Crippen LogP contribution in [0, 0.1) is 18.3 Å². The summed E-state index contributed by atoms with van der Waals surface area (Å²) in [6, 6.07) is 55.1. The van der Waals surface area contributed by atoms with E-state index in [-0.39, 0.29) is 17.2 Å². The zero-order valence-corrected chi connectivity index (χ0v) is 29.1. The van der Waals surface area contributed by atoms with Crippen molar-refractivity contribution < 1.29 is 4.79 Å². The number of hydrogen-bond acceptors (Lipinski definition) is 3. The number of para-hydroxylation sites is 2. The number of aryl methyl sites for hydroxylation is 1. The average Bonchev–Trinajstić information content (AvgIpc) is 3.10. The second kappa shape index (κ2) is 14.7. The summed E-state index contributed by atoms with van der Waals surface area (Å²) in [5, 5.41) is 3.11. The molecule has 6 aromatic rings. The Labute approximate surface area is 291 Å². The summed E-state index contributed by atoms with van der Waals surface area (Å²) in [5.41, 5.74) is 10.9. The van der Waals surface area contributed by atoms with Gasteiger partial charge in [-0.3, -0.25) is 4.79 Å². The van der Waals surface area contributed by atoms with E-state index in [1.165, 1.54) is 5.56 Å². The van der Waals surface area contributed by atoms with Gasteiger partial charge in [-0.15, -0.1) is 0 Å². The van der Waals surface area contributed by atoms with E-state index in [4.69, 9.17) is 0 Å². The summed E-state index contributed by atoms with van der Waals surface area (Å²) in [7, 11) is 0. The smallest absolute Gasteiger partial charge is 0.227 e. The lowest BCUT2D eigenvalue weighted by atomic mass is 9.85. The first-order valence-electron chi connectivity index (χ1n) is 17.0. The first kappa shape index (κ1) is 33.3. The van der Waals surface area contributed by atoms with Crippen molar-refractivity contribution in [2.24, 2.45) is 11.3 Å². The third kappa shape index (κ3) is 8.28. The highest BCUT2D eigenvalue weighted by Gasteiger charge is 2.21. The molecule has 1 N–H and O–H groups in total. The van der Waals surface area contributed by atoms with Gasteiger partial charge >= 0.3 is 0 Å². The number of rotatable bonds is 10. The zero-order chi connectivity index (χ0) is 34.4. The molecule has 1 amide bonds. The Morgan fingerprint density at radius 3 is 1.41 bits per heavy atom. The minimum Gasteiger partial charge on any atom is -0.326 e. The summed E-state index contributed by atoms with van der Waals surface area (Å²) in [4.78, 5) is 17.4. The van der Waals surface area contributed by atoms with Crippen molar-refractivity contribution in [3.63, 3.8) is 0 Å². The van der Waals surface area contributed by atoms with Gasteiger partial charge in [0.25, 0.3) is 0 Å². The SMILES string of the molecule is Cc1cccc(N(c2ccccc2)c2ccc(-c3ccc(N(c4ccccc4)c4ccc(NC(=O)C(C)CC(C)(C)C)cc4)cc3)cc2)c1. The number of nitrogens with one attached hydrogen (secondary N) is 1. The van der Waals surface area contributed by atoms with E-state index < -0.39 is 0 Å². The van der Waals surface area contributed by atoms with E-state index >= 15 is 0 Å². The minimum absolute atomic E-state index is 0.0501. The summed E-state index contributed by atoms with van der Waals surface area (Å²) < 4.78 is 0. The Morgan fingerprint density at radius 1 is 0.551 bits per heavy atom. The third-order valence-electron chi connectivity index (χ3n) is 8.63. The van der Waals surface area contributed by atoms with Crippen LogP contribution in [0.5, 0.6) is 0 Å². The van der Waals surface area contributed by atoms with Crippen molar-refractivity contribution in [1.82, 2.24) is 0 Å². The van der Waals surface area contributed by atoms with E-state index in [0.717, 1.165) is 57.4 Å². The van der Waals surface area contributed by atoms with Crippen molar-refractivity contribution >= 4 is 45.7 Å². The van der Waals surface area contributed by atoms with Gasteiger partial charge in [0.05, 0.1) is 0 Å². The van der Waals surface area contributed by atoms with Gasteiger partial charge in [-0.2, -0.15) is 0 Å². The van der Waals surface area contributed by atoms with Gasteiger partial charge in [0.15, 0.2) is 0 Å². The van der Waals surface area contributed by atoms with Crippen LogP contribution in [0.25, 0.3) is 11.1 Å². The van der Waals surface area contributed by atoms with Gasteiger partial charge in [0.2, 0.25) is 5.91 Å². The van der Waals surface area contributed by atoms with Gasteiger partial charge in [-0.05, 0) is 120 Å². The first-order valence-corrected chi connectivity index (χ1v) is 17.0. The summed E-state index contributed by atoms with van der Waals surface area (Å²) in [6.07, 6.45) is 0.832. The highest BCUT2D eigenvalue weighted by molar-refractivity contribution is 5.92. The van der Waals surface area contributed by atoms with E-state index in [1.807, 2.05) is 25.1 Å². The normalized spacial score (nSPS) is 11.9. The van der Waals surface area contributed by atoms with E-state index in [9.17, 15) is 4.79 Å². The molecule has 4 heteroatoms. The van der Waals surface area contributed by atoms with E-state index in [2.05, 4.69) is 182 Å². The average molecular weight is 644 g/mol. The van der Waals surface area contributed by atoms with Crippen LogP contribution in [0.15, 0.2) is 158 Å². The topological polar surface area (TPSA) is 35.6 Å². The molecule has 1 unspecified atom stereocenters. The van der Waals surface area contributed by atoms with Gasteiger partial charge in [0, 0.05) is 45.7 Å². The lowest BCUT2D eigenvalue weighted by molar-refractivity contribution is -0.120. The highest BCUT2D eigenvalue weighted by atomic mass is 16.1. The standard InChI is InChI=1S/C45H45N3O/c1-33-13-12-18-43(31-33)48(39-16-10-7-11-17-39)41-27-21-36(22-28-41)35-19-25-40(26-20-35)47(38-14-8-6-9-15-38)42-29-23-37(24-30-42)46-44(49)34(2)32-45(3,4)5/h6-31,34H,32H2,1-5H3,(H,46,49). The van der Waals surface area contributed by atoms with E-state index in [1.54, 1.807) is 0 Å². The van der Waals surface area contributed by atoms with Crippen molar-refractivity contribution in [3.05, 3.63) is 163 Å². The monoisotopic (exact) mass is 643 g/mol. The molecule has 0 radical (unpaired) electrons. The van der Waals surface area contributed by atoms with Gasteiger partial charge < -0.3 is 15.1 Å². The highest BCUT2D eigenvalue weighted by Crippen LogP contribution is 2.38. The van der Waals surface area contributed by atoms with Crippen LogP contribution in [-0.2, 0) is 4.79 Å². The van der Waals surface area contributed by atoms with Crippen LogP contribution in [-0.4, -0.2) is 5.91 Å². The van der Waals surface area contributed by atoms with Crippen molar-refractivity contribution in [1.29, 1.82) is 0 Å². The number of hydrogen-bond donors (Lipinski definition) is 1. The molecule has 1 atom stereocenters. The fourth-order valence-corrected chi connectivity index (χ4v) is 6.39. The lowest BCUT2D eigenvalue weighted by Gasteiger charge is -2.26. The molecule has 0 saturated carbocycles. The van der Waals surface area contributed by atoms with Gasteiger partial charge in [0.1, 0.15) is 0 Å². The molecule has 0 bridgehead atoms. The maximum atomic E-state index is 12.9. The number of carbonyl (C=O) groups excluding carboxylic acids is 1. The van der Waals surface area contributed by atoms with Crippen LogP contribution in [0.4, 0.5) is 39.8 Å². The molecule has 246 valence electrons. The molecule has 0 aliphatic heterocycles. The van der Waals surface area contributed by atoms with Crippen molar-refractivity contribution in [2.45, 2.75) is 41.0 Å². The second-order valence-electron chi connectivity index (χ2n) is 14.0. The molecule has 0 aromatic heterocycles. The number of anilines is 7. The number of benzene rings is 6. The molecule has 6 aromatic carbocycles. The molecular weight excluding hydrogens is 599 g/mol. The lowest BCUT2D eigenvalue weighted by Crippen LogP contribution is -2.24. The number of amides is 1. The summed E-state index contributed by atoms with van der Waals surface area (Å²) in [6.45, 7) is 10.6. The largest absolute Gasteiger partial charge is 0.326 e. The second-order valence-corrected chi connectivity index (χ2v) is 14.0. The molecule has 0 aliphatic carbocycles. The molecular formula is C45H45N3O. The van der Waals surface area contributed by atoms with Gasteiger partial charge in [-0.25, -0.2) is 0 Å². The third-order valence-corrected chi connectivity index (χ3v) is 8.63. The molecule has 0 spiro atoms. The molecule has 0 heterocycles. The quantitative estimate of drug-likeness (QED) is 0.161. The Balaban J connectivity index is 1.24. The Hall–Kier alpha value is -5.61. The fourth-order valence-electron chi connectivity index (χ4n) is 6.39. The number of nitrogens with zero attached hydrogens (tertiary/aromatic N) is 2. The zero-order valence-electron chi connectivity index (χ0n) is 29.1. The first-order chi connectivity index (χ1) is 23.6. The molecule has 49 heavy (non-hydrogen) atoms. The Bertz CT molecular complexity index is 1960. The Kier molecular flexibility index (Phi) is 9.96. The summed E-state index contributed by atoms with van der Waals surface area (Å²) >= 11 is 0. The molecule has 6 rings (SSSR count). The van der Waals surface area contributed by atoms with Crippen molar-refractivity contribution in [2.75, 3.05) is 15.1 Å². The fraction of sp³-hybridized carbons (Fsp3) is 0.178. The molecule has 0 fully saturated rings. The maximum Gasteiger partial charge on any atom is 0.227 e. The minimum atomic E-state index is -0.0638. The Morgan fingerprint density at radius 2 is 0.959 bits per heavy atom. The van der Waals surface area contributed by atoms with Crippen LogP contribution < -0.4 is 15.1 Å². The predicted octanol–water partition coefficient (Wildman–Crippen LogP) is 12.6. The van der Waals surface area contributed by atoms with Crippen LogP contribution in [0.3, 0.4) is 0 Å². The number of carbonyl (C=O) groups is 1. The van der Waals surface area contributed by atoms with Crippen LogP contribution in [0.1, 0.15) is 39.7 Å². The molecule has 0 saturated heterocycles. The van der Waals surface area contributed by atoms with Crippen molar-refractivity contribution in [3.8, 4) is 11.1 Å². The molecule has 4 nitrogen and oxygen atoms in total. The van der Waals surface area contributed by atoms with Crippen LogP contribution in [0.2, 0.25) is 0 Å². The van der Waals surface area contributed by atoms with E-state index in [0.29, 0.717) is 0 Å². The van der Waals surface area contributed by atoms with Gasteiger partial charge in [-0.1, -0.05) is 100 Å². The maximum absolute atomic E-state index is 12.9. The molecule has 0 aliphatic rings. The predicted molar refractivity (Wildman–Crippen MR) is 208 cm³/mol. The van der Waals surface area contributed by atoms with Crippen LogP contribution >= 0.6 is 0 Å². The summed E-state index contributed by atoms with van der Waals surface area (Å²) in [5.74, 6) is -0.0136.